The minimum Gasteiger partial charge on any atom is -0.481 e. The van der Waals surface area contributed by atoms with Crippen LogP contribution in [0.2, 0.25) is 0 Å². The van der Waals surface area contributed by atoms with Crippen molar-refractivity contribution < 1.29 is 14.7 Å². The maximum absolute atomic E-state index is 12.2. The molecule has 0 aromatic carbocycles. The molecule has 2 unspecified atom stereocenters. The number of carbonyl (C=O) groups excluding carboxylic acids is 1. The summed E-state index contributed by atoms with van der Waals surface area (Å²) >= 11 is 1.50. The second-order valence-electron chi connectivity index (χ2n) is 4.84. The van der Waals surface area contributed by atoms with E-state index >= 15 is 0 Å². The number of thiophene rings is 1. The highest BCUT2D eigenvalue weighted by Crippen LogP contribution is 2.48. The van der Waals surface area contributed by atoms with Gasteiger partial charge in [-0.3, -0.25) is 9.59 Å². The summed E-state index contributed by atoms with van der Waals surface area (Å²) in [4.78, 5) is 23.5. The molecule has 1 fully saturated rings. The summed E-state index contributed by atoms with van der Waals surface area (Å²) in [5.41, 5.74) is 0.751. The van der Waals surface area contributed by atoms with Gasteiger partial charge >= 0.3 is 5.97 Å². The van der Waals surface area contributed by atoms with Gasteiger partial charge in [-0.05, 0) is 29.7 Å². The smallest absolute Gasteiger partial charge is 0.307 e. The van der Waals surface area contributed by atoms with Gasteiger partial charge in [-0.1, -0.05) is 12.2 Å². The number of allylic oxidation sites excluding steroid dienone is 2. The SMILES string of the molecule is O=C(O)[C@@H]1C2C=CC(C2)[C@@H]1C(=O)Nc1ccsc1. The molecule has 0 radical (unpaired) electrons. The maximum Gasteiger partial charge on any atom is 0.307 e. The predicted molar refractivity (Wildman–Crippen MR) is 68.3 cm³/mol. The fourth-order valence-corrected chi connectivity index (χ4v) is 3.67. The number of hydrogen-bond acceptors (Lipinski definition) is 3. The van der Waals surface area contributed by atoms with Crippen LogP contribution in [0.25, 0.3) is 0 Å². The number of nitrogens with one attached hydrogen (secondary N) is 1. The first kappa shape index (κ1) is 11.5. The molecule has 4 nitrogen and oxygen atoms in total. The number of amides is 1. The van der Waals surface area contributed by atoms with Crippen LogP contribution in [0.4, 0.5) is 5.69 Å². The van der Waals surface area contributed by atoms with Gasteiger partial charge in [-0.15, -0.1) is 0 Å². The summed E-state index contributed by atoms with van der Waals surface area (Å²) in [5, 5.41) is 15.8. The van der Waals surface area contributed by atoms with Gasteiger partial charge in [0.05, 0.1) is 17.5 Å². The number of rotatable bonds is 3. The van der Waals surface area contributed by atoms with E-state index in [4.69, 9.17) is 0 Å². The van der Waals surface area contributed by atoms with E-state index in [1.54, 1.807) is 0 Å². The molecular formula is C13H13NO3S. The number of anilines is 1. The first-order valence-corrected chi connectivity index (χ1v) is 6.85. The normalized spacial score (nSPS) is 32.7. The molecule has 0 saturated heterocycles. The molecular weight excluding hydrogens is 250 g/mol. The number of carboxylic acids is 1. The van der Waals surface area contributed by atoms with Crippen molar-refractivity contribution in [2.24, 2.45) is 23.7 Å². The van der Waals surface area contributed by atoms with Crippen molar-refractivity contribution in [3.05, 3.63) is 29.0 Å². The second-order valence-corrected chi connectivity index (χ2v) is 5.62. The van der Waals surface area contributed by atoms with Crippen molar-refractivity contribution in [3.8, 4) is 0 Å². The zero-order chi connectivity index (χ0) is 12.7. The standard InChI is InChI=1S/C13H13NO3S/c15-12(14-9-3-4-18-6-9)10-7-1-2-8(5-7)11(10)13(16)17/h1-4,6-8,10-11H,5H2,(H,14,15)(H,16,17)/t7?,8?,10-,11+/m0/s1. The Balaban J connectivity index is 1.80. The van der Waals surface area contributed by atoms with Gasteiger partial charge in [0.1, 0.15) is 0 Å². The van der Waals surface area contributed by atoms with Crippen molar-refractivity contribution in [3.63, 3.8) is 0 Å². The molecule has 1 aromatic heterocycles. The van der Waals surface area contributed by atoms with E-state index in [9.17, 15) is 14.7 Å². The van der Waals surface area contributed by atoms with Gasteiger partial charge in [0.25, 0.3) is 0 Å². The Morgan fingerprint density at radius 3 is 2.61 bits per heavy atom. The molecule has 3 rings (SSSR count). The van der Waals surface area contributed by atoms with E-state index in [1.807, 2.05) is 29.0 Å². The Morgan fingerprint density at radius 2 is 2.00 bits per heavy atom. The molecule has 1 amide bonds. The summed E-state index contributed by atoms with van der Waals surface area (Å²) in [6.45, 7) is 0. The Labute approximate surface area is 108 Å². The number of aliphatic carboxylic acids is 1. The molecule has 2 N–H and O–H groups in total. The van der Waals surface area contributed by atoms with Crippen LogP contribution < -0.4 is 5.32 Å². The number of hydrogen-bond donors (Lipinski definition) is 2. The number of fused-ring (bicyclic) bond motifs is 2. The van der Waals surface area contributed by atoms with Crippen LogP contribution in [-0.2, 0) is 9.59 Å². The highest BCUT2D eigenvalue weighted by molar-refractivity contribution is 7.08. The molecule has 5 heteroatoms. The second kappa shape index (κ2) is 4.24. The van der Waals surface area contributed by atoms with E-state index in [1.165, 1.54) is 11.3 Å². The monoisotopic (exact) mass is 263 g/mol. The van der Waals surface area contributed by atoms with Crippen LogP contribution in [0.3, 0.4) is 0 Å². The summed E-state index contributed by atoms with van der Waals surface area (Å²) in [6, 6.07) is 1.82. The number of carbonyl (C=O) groups is 2. The van der Waals surface area contributed by atoms with Crippen molar-refractivity contribution in [1.82, 2.24) is 0 Å². The molecule has 2 bridgehead atoms. The summed E-state index contributed by atoms with van der Waals surface area (Å²) in [7, 11) is 0. The highest BCUT2D eigenvalue weighted by Gasteiger charge is 2.51. The van der Waals surface area contributed by atoms with Crippen LogP contribution in [0, 0.1) is 23.7 Å². The maximum atomic E-state index is 12.2. The topological polar surface area (TPSA) is 66.4 Å². The zero-order valence-electron chi connectivity index (χ0n) is 9.58. The Kier molecular flexibility index (Phi) is 2.70. The fourth-order valence-electron chi connectivity index (χ4n) is 3.08. The molecule has 1 saturated carbocycles. The molecule has 1 aromatic rings. The van der Waals surface area contributed by atoms with Crippen LogP contribution in [0.5, 0.6) is 0 Å². The molecule has 4 atom stereocenters. The number of carboxylic acid groups (broad SMARTS) is 1. The Morgan fingerprint density at radius 1 is 1.28 bits per heavy atom. The third-order valence-electron chi connectivity index (χ3n) is 3.84. The highest BCUT2D eigenvalue weighted by atomic mass is 32.1. The molecule has 0 aliphatic heterocycles. The average Bonchev–Trinajstić information content (AvgIpc) is 3.03. The van der Waals surface area contributed by atoms with Gasteiger partial charge in [-0.2, -0.15) is 11.3 Å². The molecule has 18 heavy (non-hydrogen) atoms. The third-order valence-corrected chi connectivity index (χ3v) is 4.52. The Hall–Kier alpha value is -1.62. The van der Waals surface area contributed by atoms with E-state index < -0.39 is 17.8 Å². The molecule has 1 heterocycles. The van der Waals surface area contributed by atoms with E-state index in [-0.39, 0.29) is 17.7 Å². The van der Waals surface area contributed by atoms with Gasteiger partial charge in [0.2, 0.25) is 5.91 Å². The van der Waals surface area contributed by atoms with E-state index in [2.05, 4.69) is 5.32 Å². The molecule has 0 spiro atoms. The van der Waals surface area contributed by atoms with Gasteiger partial charge in [-0.25, -0.2) is 0 Å². The Bertz CT molecular complexity index is 508. The van der Waals surface area contributed by atoms with E-state index in [0.717, 1.165) is 12.1 Å². The predicted octanol–water partition coefficient (Wildman–Crippen LogP) is 2.21. The third kappa shape index (κ3) is 1.75. The minimum atomic E-state index is -0.864. The van der Waals surface area contributed by atoms with Crippen LogP contribution >= 0.6 is 11.3 Å². The fraction of sp³-hybridized carbons (Fsp3) is 0.385. The molecule has 2 aliphatic rings. The summed E-state index contributed by atoms with van der Waals surface area (Å²) in [5.74, 6) is -1.94. The van der Waals surface area contributed by atoms with Crippen molar-refractivity contribution in [2.45, 2.75) is 6.42 Å². The average molecular weight is 263 g/mol. The lowest BCUT2D eigenvalue weighted by atomic mass is 9.82. The van der Waals surface area contributed by atoms with E-state index in [0.29, 0.717) is 0 Å². The van der Waals surface area contributed by atoms with Crippen LogP contribution in [0.15, 0.2) is 29.0 Å². The van der Waals surface area contributed by atoms with Crippen molar-refractivity contribution >= 4 is 28.9 Å². The van der Waals surface area contributed by atoms with Gasteiger partial charge in [0.15, 0.2) is 0 Å². The molecule has 94 valence electrons. The lowest BCUT2D eigenvalue weighted by molar-refractivity contribution is -0.146. The lowest BCUT2D eigenvalue weighted by Gasteiger charge is -2.23. The van der Waals surface area contributed by atoms with Crippen molar-refractivity contribution in [2.75, 3.05) is 5.32 Å². The summed E-state index contributed by atoms with van der Waals surface area (Å²) < 4.78 is 0. The first-order chi connectivity index (χ1) is 8.66. The van der Waals surface area contributed by atoms with Crippen LogP contribution in [-0.4, -0.2) is 17.0 Å². The van der Waals surface area contributed by atoms with Crippen LogP contribution in [0.1, 0.15) is 6.42 Å². The molecule has 2 aliphatic carbocycles. The summed E-state index contributed by atoms with van der Waals surface area (Å²) in [6.07, 6.45) is 4.72. The zero-order valence-corrected chi connectivity index (χ0v) is 10.4. The van der Waals surface area contributed by atoms with Gasteiger partial charge in [0, 0.05) is 5.38 Å². The first-order valence-electron chi connectivity index (χ1n) is 5.91. The largest absolute Gasteiger partial charge is 0.481 e. The van der Waals surface area contributed by atoms with Gasteiger partial charge < -0.3 is 10.4 Å². The van der Waals surface area contributed by atoms with Crippen molar-refractivity contribution in [1.29, 1.82) is 0 Å². The minimum absolute atomic E-state index is 0.0192. The quantitative estimate of drug-likeness (QED) is 0.822. The lowest BCUT2D eigenvalue weighted by Crippen LogP contribution is -2.36.